The van der Waals surface area contributed by atoms with Gasteiger partial charge in [-0.1, -0.05) is 91.1 Å². The topological polar surface area (TPSA) is 162 Å². The second-order valence-corrected chi connectivity index (χ2v) is 17.4. The third-order valence-corrected chi connectivity index (χ3v) is 11.1. The second-order valence-electron chi connectivity index (χ2n) is 17.4. The van der Waals surface area contributed by atoms with Crippen molar-refractivity contribution in [1.82, 2.24) is 25.3 Å². The van der Waals surface area contributed by atoms with E-state index in [4.69, 9.17) is 4.74 Å². The normalized spacial score (nSPS) is 25.9. The van der Waals surface area contributed by atoms with Gasteiger partial charge in [-0.25, -0.2) is 4.79 Å². The Morgan fingerprint density at radius 1 is 0.733 bits per heavy atom. The number of benzene rings is 1. The smallest absolute Gasteiger partial charge is 0.391 e. The average Bonchev–Trinajstić information content (AvgIpc) is 3.17. The van der Waals surface area contributed by atoms with Gasteiger partial charge in [-0.15, -0.1) is 0 Å². The molecule has 13 nitrogen and oxygen atoms in total. The highest BCUT2D eigenvalue weighted by Gasteiger charge is 2.43. The number of ketones is 1. The van der Waals surface area contributed by atoms with Gasteiger partial charge in [0.15, 0.2) is 11.9 Å². The molecule has 1 saturated heterocycles. The van der Waals surface area contributed by atoms with Crippen LogP contribution in [0.3, 0.4) is 0 Å². The third-order valence-electron chi connectivity index (χ3n) is 11.1. The molecule has 0 saturated carbocycles. The Morgan fingerprint density at radius 2 is 1.28 bits per heavy atom. The maximum atomic E-state index is 14.6. The lowest BCUT2D eigenvalue weighted by Gasteiger charge is -2.35. The fraction of sp³-hybridized carbons (Fsp3) is 0.705. The molecule has 2 N–H and O–H groups in total. The Morgan fingerprint density at radius 3 is 1.83 bits per heavy atom. The van der Waals surface area contributed by atoms with Crippen LogP contribution in [0, 0.1) is 23.7 Å². The Hall–Kier alpha value is -4.50. The molecule has 0 radical (unpaired) electrons. The summed E-state index contributed by atoms with van der Waals surface area (Å²) in [6, 6.07) is 1.87. The van der Waals surface area contributed by atoms with Crippen LogP contribution in [0.4, 0.5) is 13.2 Å². The van der Waals surface area contributed by atoms with Crippen LogP contribution in [0.15, 0.2) is 30.3 Å². The van der Waals surface area contributed by atoms with Crippen LogP contribution in [0.25, 0.3) is 0 Å². The van der Waals surface area contributed by atoms with Gasteiger partial charge in [-0.3, -0.25) is 28.8 Å². The number of halogens is 3. The van der Waals surface area contributed by atoms with Crippen molar-refractivity contribution in [2.24, 2.45) is 23.7 Å². The highest BCUT2D eigenvalue weighted by molar-refractivity contribution is 5.97. The lowest BCUT2D eigenvalue weighted by molar-refractivity contribution is -0.165. The Labute approximate surface area is 353 Å². The number of alkyl halides is 3. The van der Waals surface area contributed by atoms with Gasteiger partial charge in [-0.05, 0) is 56.4 Å². The minimum absolute atomic E-state index is 0.0384. The second kappa shape index (κ2) is 23.5. The number of cyclic esters (lactones) is 1. The molecular formula is C44H68F3N5O8. The molecule has 1 heterocycles. The molecule has 0 aromatic heterocycles. The molecule has 5 amide bonds. The summed E-state index contributed by atoms with van der Waals surface area (Å²) in [5.41, 5.74) is 0.717. The molecular weight excluding hydrogens is 784 g/mol. The van der Waals surface area contributed by atoms with E-state index in [-0.39, 0.29) is 43.4 Å². The number of carbonyl (C=O) groups is 7. The Balaban J connectivity index is 2.84. The van der Waals surface area contributed by atoms with Crippen molar-refractivity contribution in [2.45, 2.75) is 156 Å². The van der Waals surface area contributed by atoms with Crippen molar-refractivity contribution < 1.29 is 51.5 Å². The van der Waals surface area contributed by atoms with Crippen molar-refractivity contribution >= 4 is 41.3 Å². The molecule has 0 spiro atoms. The van der Waals surface area contributed by atoms with E-state index in [0.717, 1.165) is 41.5 Å². The molecule has 338 valence electrons. The van der Waals surface area contributed by atoms with Gasteiger partial charge in [0.05, 0.1) is 12.5 Å². The minimum Gasteiger partial charge on any atom is -0.451 e. The molecule has 1 aromatic carbocycles. The standard InChI is InChI=1S/C44H68F3N5O8/c1-12-13-17-28(6)22-33-41(57)50(9)29(7)43(59)60-30(8)38(54)49-34(25-44(45,46)47)42(58)51(10)35(21-27(4)5)37(53)24-32(20-26(2)3)40(56)52(11)36(39(55)48-33)23-31-18-15-14-16-19-31/h14-16,18-19,26-30,32-36H,12-13,17,20-25H2,1-11H3,(H,48,55)(H,49,54)/t28-,29+,30-,32-,33?,34+,35+,36+/m1/s1. The predicted octanol–water partition coefficient (Wildman–Crippen LogP) is 5.48. The lowest BCUT2D eigenvalue weighted by atomic mass is 9.86. The number of rotatable bonds is 12. The Bertz CT molecular complexity index is 1620. The predicted molar refractivity (Wildman–Crippen MR) is 221 cm³/mol. The quantitative estimate of drug-likeness (QED) is 0.262. The van der Waals surface area contributed by atoms with E-state index in [1.165, 1.54) is 33.0 Å². The lowest BCUT2D eigenvalue weighted by Crippen LogP contribution is -2.57. The first-order valence-corrected chi connectivity index (χ1v) is 21.1. The maximum Gasteiger partial charge on any atom is 0.391 e. The number of amides is 5. The number of esters is 1. The summed E-state index contributed by atoms with van der Waals surface area (Å²) in [6.07, 6.45) is -5.80. The number of hydrogen-bond acceptors (Lipinski definition) is 8. The number of likely N-dealkylation sites (N-methyl/N-ethyl adjacent to an activating group) is 3. The van der Waals surface area contributed by atoms with Crippen molar-refractivity contribution in [1.29, 1.82) is 0 Å². The van der Waals surface area contributed by atoms with Gasteiger partial charge in [0.25, 0.3) is 5.91 Å². The highest BCUT2D eigenvalue weighted by atomic mass is 19.4. The number of ether oxygens (including phenoxy) is 1. The number of nitrogens with one attached hydrogen (secondary N) is 2. The first kappa shape index (κ1) is 51.6. The number of hydrogen-bond donors (Lipinski definition) is 2. The van der Waals surface area contributed by atoms with Gasteiger partial charge in [0.1, 0.15) is 24.2 Å². The average molecular weight is 852 g/mol. The van der Waals surface area contributed by atoms with Crippen molar-refractivity contribution in [3.8, 4) is 0 Å². The SMILES string of the molecule is CCCC[C@@H](C)CC1NC(=O)[C@H](Cc2ccccc2)N(C)C(=O)[C@H](CC(C)C)CC(=O)[C@H](CC(C)C)N(C)C(=O)[C@H](CC(F)(F)F)NC(=O)[C@@H](C)OC(=O)[C@H](C)N(C)C1=O. The van der Waals surface area contributed by atoms with E-state index in [9.17, 15) is 46.7 Å². The number of Topliss-reactive ketones (excluding diaryl/α,β-unsaturated/α-hetero) is 1. The summed E-state index contributed by atoms with van der Waals surface area (Å²) in [7, 11) is 3.97. The molecule has 1 aliphatic rings. The van der Waals surface area contributed by atoms with Gasteiger partial charge in [0.2, 0.25) is 23.6 Å². The maximum absolute atomic E-state index is 14.6. The van der Waals surface area contributed by atoms with E-state index in [1.807, 2.05) is 27.7 Å². The number of unbranched alkanes of at least 4 members (excludes halogenated alkanes) is 1. The molecule has 0 bridgehead atoms. The van der Waals surface area contributed by atoms with Crippen molar-refractivity contribution in [3.63, 3.8) is 0 Å². The Kier molecular flexibility index (Phi) is 20.2. The monoisotopic (exact) mass is 852 g/mol. The zero-order valence-corrected chi connectivity index (χ0v) is 37.3. The van der Waals surface area contributed by atoms with E-state index in [0.29, 0.717) is 0 Å². The minimum atomic E-state index is -4.93. The molecule has 16 heteroatoms. The van der Waals surface area contributed by atoms with Crippen molar-refractivity contribution in [3.05, 3.63) is 35.9 Å². The van der Waals surface area contributed by atoms with Gasteiger partial charge >= 0.3 is 12.1 Å². The summed E-state index contributed by atoms with van der Waals surface area (Å²) >= 11 is 0. The van der Waals surface area contributed by atoms with E-state index in [2.05, 4.69) is 10.6 Å². The summed E-state index contributed by atoms with van der Waals surface area (Å²) < 4.78 is 47.2. The van der Waals surface area contributed by atoms with Gasteiger partial charge < -0.3 is 30.1 Å². The third kappa shape index (κ3) is 15.8. The molecule has 8 atom stereocenters. The highest BCUT2D eigenvalue weighted by Crippen LogP contribution is 2.27. The summed E-state index contributed by atoms with van der Waals surface area (Å²) in [6.45, 7) is 13.7. The van der Waals surface area contributed by atoms with Gasteiger partial charge in [0, 0.05) is 39.9 Å². The van der Waals surface area contributed by atoms with Gasteiger partial charge in [-0.2, -0.15) is 13.2 Å². The van der Waals surface area contributed by atoms with E-state index < -0.39 is 103 Å². The summed E-state index contributed by atoms with van der Waals surface area (Å²) in [5.74, 6) is -7.25. The van der Waals surface area contributed by atoms with Crippen molar-refractivity contribution in [2.75, 3.05) is 21.1 Å². The van der Waals surface area contributed by atoms with E-state index >= 15 is 0 Å². The zero-order chi connectivity index (χ0) is 45.6. The fourth-order valence-corrected chi connectivity index (χ4v) is 7.46. The van der Waals surface area contributed by atoms with Crippen LogP contribution in [0.2, 0.25) is 0 Å². The summed E-state index contributed by atoms with van der Waals surface area (Å²) in [5, 5.41) is 4.97. The molecule has 0 aliphatic carbocycles. The number of nitrogens with zero attached hydrogens (tertiary/aromatic N) is 3. The van der Waals surface area contributed by atoms with Crippen LogP contribution in [0.5, 0.6) is 0 Å². The van der Waals surface area contributed by atoms with E-state index in [1.54, 1.807) is 44.2 Å². The zero-order valence-electron chi connectivity index (χ0n) is 37.3. The summed E-state index contributed by atoms with van der Waals surface area (Å²) in [4.78, 5) is 102. The molecule has 1 fully saturated rings. The van der Waals surface area contributed by atoms with Crippen LogP contribution in [0.1, 0.15) is 112 Å². The van der Waals surface area contributed by atoms with Crippen LogP contribution in [-0.4, -0.2) is 120 Å². The van der Waals surface area contributed by atoms with Crippen LogP contribution >= 0.6 is 0 Å². The molecule has 1 aliphatic heterocycles. The van der Waals surface area contributed by atoms with Crippen LogP contribution < -0.4 is 10.6 Å². The van der Waals surface area contributed by atoms with Crippen LogP contribution in [-0.2, 0) is 44.7 Å². The molecule has 1 unspecified atom stereocenters. The number of carbonyl (C=O) groups excluding carboxylic acids is 7. The first-order chi connectivity index (χ1) is 27.9. The molecule has 1 aromatic rings. The molecule has 60 heavy (non-hydrogen) atoms. The molecule has 2 rings (SSSR count). The fourth-order valence-electron chi connectivity index (χ4n) is 7.46. The largest absolute Gasteiger partial charge is 0.451 e. The first-order valence-electron chi connectivity index (χ1n) is 21.1.